The average molecular weight is 297 g/mol. The zero-order chi connectivity index (χ0) is 14.8. The molecule has 0 aromatic heterocycles. The molecule has 0 spiro atoms. The number of benzene rings is 2. The van der Waals surface area contributed by atoms with Crippen molar-refractivity contribution in [2.24, 2.45) is 0 Å². The van der Waals surface area contributed by atoms with Gasteiger partial charge in [-0.1, -0.05) is 29.8 Å². The second-order valence-corrected chi connectivity index (χ2v) is 5.64. The molecule has 0 saturated heterocycles. The van der Waals surface area contributed by atoms with E-state index in [4.69, 9.17) is 11.6 Å². The number of rotatable bonds is 4. The van der Waals surface area contributed by atoms with E-state index in [1.165, 1.54) is 24.3 Å². The Morgan fingerprint density at radius 2 is 1.70 bits per heavy atom. The number of hydrogen-bond acceptors (Lipinski definition) is 1. The monoisotopic (exact) mass is 296 g/mol. The van der Waals surface area contributed by atoms with E-state index in [2.05, 4.69) is 0 Å². The van der Waals surface area contributed by atoms with Crippen molar-refractivity contribution in [3.63, 3.8) is 0 Å². The molecule has 0 saturated carbocycles. The molecule has 0 aliphatic carbocycles. The number of aliphatic hydroxyl groups is 1. The molecule has 0 aliphatic rings. The van der Waals surface area contributed by atoms with Crippen LogP contribution in [0.5, 0.6) is 0 Å². The third-order valence-corrected chi connectivity index (χ3v) is 3.33. The summed E-state index contributed by atoms with van der Waals surface area (Å²) in [6, 6.07) is 10.5. The van der Waals surface area contributed by atoms with E-state index in [1.54, 1.807) is 25.1 Å². The third-order valence-electron chi connectivity index (χ3n) is 3.04. The molecule has 1 N–H and O–H groups in total. The second kappa shape index (κ2) is 5.90. The summed E-state index contributed by atoms with van der Waals surface area (Å²) < 4.78 is 26.2. The summed E-state index contributed by atoms with van der Waals surface area (Å²) in [6.07, 6.45) is 0.614. The van der Waals surface area contributed by atoms with Crippen LogP contribution in [0, 0.1) is 11.6 Å². The van der Waals surface area contributed by atoms with Crippen molar-refractivity contribution in [2.45, 2.75) is 25.4 Å². The zero-order valence-electron chi connectivity index (χ0n) is 11.0. The Bertz CT molecular complexity index is 611. The highest BCUT2D eigenvalue weighted by Crippen LogP contribution is 2.22. The number of halogens is 3. The van der Waals surface area contributed by atoms with E-state index in [0.29, 0.717) is 18.4 Å². The first-order valence-electron chi connectivity index (χ1n) is 6.26. The van der Waals surface area contributed by atoms with Crippen LogP contribution in [0.2, 0.25) is 5.02 Å². The van der Waals surface area contributed by atoms with Gasteiger partial charge in [0.2, 0.25) is 0 Å². The molecule has 0 amide bonds. The van der Waals surface area contributed by atoms with Crippen molar-refractivity contribution in [1.82, 2.24) is 0 Å². The van der Waals surface area contributed by atoms with Crippen LogP contribution in [0.25, 0.3) is 0 Å². The van der Waals surface area contributed by atoms with E-state index in [1.807, 2.05) is 0 Å². The van der Waals surface area contributed by atoms with Gasteiger partial charge in [-0.25, -0.2) is 8.78 Å². The van der Waals surface area contributed by atoms with Crippen molar-refractivity contribution in [2.75, 3.05) is 0 Å². The SMILES string of the molecule is CC(O)(Cc1cccc(F)c1)Cc1ccc(F)c(Cl)c1. The Hall–Kier alpha value is -1.45. The predicted octanol–water partition coefficient (Wildman–Crippen LogP) is 4.15. The van der Waals surface area contributed by atoms with Gasteiger partial charge in [0.15, 0.2) is 0 Å². The Labute approximate surface area is 121 Å². The maximum Gasteiger partial charge on any atom is 0.141 e. The maximum atomic E-state index is 13.1. The lowest BCUT2D eigenvalue weighted by Gasteiger charge is -2.23. The lowest BCUT2D eigenvalue weighted by molar-refractivity contribution is 0.0607. The first-order chi connectivity index (χ1) is 9.35. The normalized spacial score (nSPS) is 14.1. The van der Waals surface area contributed by atoms with E-state index >= 15 is 0 Å². The molecule has 4 heteroatoms. The van der Waals surface area contributed by atoms with Crippen molar-refractivity contribution in [3.8, 4) is 0 Å². The van der Waals surface area contributed by atoms with Gasteiger partial charge in [0, 0.05) is 12.8 Å². The molecule has 0 bridgehead atoms. The van der Waals surface area contributed by atoms with E-state index in [-0.39, 0.29) is 10.8 Å². The van der Waals surface area contributed by atoms with Gasteiger partial charge in [-0.2, -0.15) is 0 Å². The summed E-state index contributed by atoms with van der Waals surface area (Å²) in [5.41, 5.74) is 0.385. The molecule has 1 atom stereocenters. The minimum absolute atomic E-state index is 0.0315. The van der Waals surface area contributed by atoms with Crippen LogP contribution in [-0.2, 0) is 12.8 Å². The Morgan fingerprint density at radius 3 is 2.30 bits per heavy atom. The van der Waals surface area contributed by atoms with Crippen LogP contribution in [-0.4, -0.2) is 10.7 Å². The van der Waals surface area contributed by atoms with Crippen LogP contribution in [0.1, 0.15) is 18.1 Å². The lowest BCUT2D eigenvalue weighted by atomic mass is 9.90. The molecular formula is C16H15ClF2O. The first kappa shape index (κ1) is 14.9. The highest BCUT2D eigenvalue weighted by atomic mass is 35.5. The van der Waals surface area contributed by atoms with E-state index < -0.39 is 11.4 Å². The summed E-state index contributed by atoms with van der Waals surface area (Å²) in [4.78, 5) is 0. The second-order valence-electron chi connectivity index (χ2n) is 5.23. The minimum Gasteiger partial charge on any atom is -0.389 e. The highest BCUT2D eigenvalue weighted by Gasteiger charge is 2.22. The summed E-state index contributed by atoms with van der Waals surface area (Å²) >= 11 is 5.72. The summed E-state index contributed by atoms with van der Waals surface area (Å²) in [6.45, 7) is 1.66. The molecule has 0 aliphatic heterocycles. The smallest absolute Gasteiger partial charge is 0.141 e. The van der Waals surface area contributed by atoms with Crippen LogP contribution in [0.4, 0.5) is 8.78 Å². The van der Waals surface area contributed by atoms with Gasteiger partial charge in [-0.15, -0.1) is 0 Å². The molecule has 0 radical (unpaired) electrons. The van der Waals surface area contributed by atoms with Crippen LogP contribution in [0.3, 0.4) is 0 Å². The molecule has 2 aromatic rings. The van der Waals surface area contributed by atoms with Crippen molar-refractivity contribution in [1.29, 1.82) is 0 Å². The maximum absolute atomic E-state index is 13.1. The predicted molar refractivity (Wildman–Crippen MR) is 75.8 cm³/mol. The van der Waals surface area contributed by atoms with Crippen molar-refractivity contribution >= 4 is 11.6 Å². The van der Waals surface area contributed by atoms with E-state index in [9.17, 15) is 13.9 Å². The molecule has 0 fully saturated rings. The molecule has 1 nitrogen and oxygen atoms in total. The number of hydrogen-bond donors (Lipinski definition) is 1. The lowest BCUT2D eigenvalue weighted by Crippen LogP contribution is -2.30. The van der Waals surface area contributed by atoms with Gasteiger partial charge in [0.1, 0.15) is 11.6 Å². The fourth-order valence-electron chi connectivity index (χ4n) is 2.24. The molecule has 1 unspecified atom stereocenters. The summed E-state index contributed by atoms with van der Waals surface area (Å²) in [5, 5.41) is 10.4. The molecule has 0 heterocycles. The molecule has 20 heavy (non-hydrogen) atoms. The van der Waals surface area contributed by atoms with Gasteiger partial charge in [0.05, 0.1) is 10.6 Å². The quantitative estimate of drug-likeness (QED) is 0.898. The topological polar surface area (TPSA) is 20.2 Å². The fraction of sp³-hybridized carbons (Fsp3) is 0.250. The summed E-state index contributed by atoms with van der Waals surface area (Å²) in [7, 11) is 0. The van der Waals surface area contributed by atoms with Crippen LogP contribution >= 0.6 is 11.6 Å². The Kier molecular flexibility index (Phi) is 4.41. The largest absolute Gasteiger partial charge is 0.389 e. The minimum atomic E-state index is -1.06. The van der Waals surface area contributed by atoms with Crippen LogP contribution < -0.4 is 0 Å². The fourth-order valence-corrected chi connectivity index (χ4v) is 2.44. The standard InChI is InChI=1S/C16H15ClF2O/c1-16(20,9-11-3-2-4-13(18)7-11)10-12-5-6-15(19)14(17)8-12/h2-8,20H,9-10H2,1H3. The van der Waals surface area contributed by atoms with Crippen LogP contribution in [0.15, 0.2) is 42.5 Å². The van der Waals surface area contributed by atoms with Gasteiger partial charge in [-0.3, -0.25) is 0 Å². The molecule has 106 valence electrons. The molecular weight excluding hydrogens is 282 g/mol. The zero-order valence-corrected chi connectivity index (χ0v) is 11.8. The Morgan fingerprint density at radius 1 is 1.05 bits per heavy atom. The van der Waals surface area contributed by atoms with E-state index in [0.717, 1.165) is 5.56 Å². The van der Waals surface area contributed by atoms with Gasteiger partial charge < -0.3 is 5.11 Å². The van der Waals surface area contributed by atoms with Gasteiger partial charge in [-0.05, 0) is 42.3 Å². The van der Waals surface area contributed by atoms with Gasteiger partial charge >= 0.3 is 0 Å². The average Bonchev–Trinajstić information content (AvgIpc) is 2.33. The first-order valence-corrected chi connectivity index (χ1v) is 6.64. The third kappa shape index (κ3) is 4.02. The summed E-state index contributed by atoms with van der Waals surface area (Å²) in [5.74, 6) is -0.816. The van der Waals surface area contributed by atoms with Crippen molar-refractivity contribution in [3.05, 3.63) is 70.2 Å². The molecule has 2 rings (SSSR count). The highest BCUT2D eigenvalue weighted by molar-refractivity contribution is 6.30. The van der Waals surface area contributed by atoms with Crippen molar-refractivity contribution < 1.29 is 13.9 Å². The molecule has 2 aromatic carbocycles. The van der Waals surface area contributed by atoms with Gasteiger partial charge in [0.25, 0.3) is 0 Å². The Balaban J connectivity index is 2.12.